The molecular weight excluding hydrogens is 228 g/mol. The molecule has 0 heteroatoms. The van der Waals surface area contributed by atoms with Crippen LogP contribution in [0.2, 0.25) is 0 Å². The minimum Gasteiger partial charge on any atom is -0.0651 e. The minimum absolute atomic E-state index is 0.794. The molecule has 0 saturated heterocycles. The van der Waals surface area contributed by atoms with Gasteiger partial charge < -0.3 is 0 Å². The molecule has 0 rings (SSSR count). The van der Waals surface area contributed by atoms with Gasteiger partial charge in [-0.2, -0.15) is 0 Å². The second-order valence-electron chi connectivity index (χ2n) is 7.89. The second-order valence-corrected chi connectivity index (χ2v) is 7.89. The standard InChI is InChI=1S/C19H40/c1-11-14(6)19(16(8)13(4)5)18(10)17(9)15(7)12(2)3/h12-19H,11H2,1-10H3. The van der Waals surface area contributed by atoms with Gasteiger partial charge in [0.1, 0.15) is 0 Å². The van der Waals surface area contributed by atoms with Crippen LogP contribution in [0.5, 0.6) is 0 Å². The van der Waals surface area contributed by atoms with Crippen molar-refractivity contribution in [3.63, 3.8) is 0 Å². The van der Waals surface area contributed by atoms with Gasteiger partial charge in [-0.25, -0.2) is 0 Å². The Morgan fingerprint density at radius 1 is 0.526 bits per heavy atom. The molecule has 19 heavy (non-hydrogen) atoms. The molecule has 6 unspecified atom stereocenters. The van der Waals surface area contributed by atoms with Crippen molar-refractivity contribution in [2.45, 2.75) is 75.7 Å². The van der Waals surface area contributed by atoms with E-state index in [1.165, 1.54) is 6.42 Å². The third-order valence-corrected chi connectivity index (χ3v) is 6.28. The highest BCUT2D eigenvalue weighted by Crippen LogP contribution is 2.41. The molecule has 0 aliphatic rings. The van der Waals surface area contributed by atoms with Gasteiger partial charge in [0.15, 0.2) is 0 Å². The van der Waals surface area contributed by atoms with Crippen molar-refractivity contribution in [2.75, 3.05) is 0 Å². The normalized spacial score (nSPS) is 22.1. The molecule has 0 N–H and O–H groups in total. The first kappa shape index (κ1) is 19.0. The SMILES string of the molecule is CCC(C)C(C(C)C(C)C)C(C)C(C)C(C)C(C)C. The molecule has 6 atom stereocenters. The molecule has 0 aliphatic heterocycles. The van der Waals surface area contributed by atoms with Crippen molar-refractivity contribution in [3.8, 4) is 0 Å². The minimum atomic E-state index is 0.794. The second kappa shape index (κ2) is 8.32. The van der Waals surface area contributed by atoms with Gasteiger partial charge in [-0.3, -0.25) is 0 Å². The maximum Gasteiger partial charge on any atom is -0.0332 e. The number of hydrogen-bond acceptors (Lipinski definition) is 0. The molecule has 0 spiro atoms. The van der Waals surface area contributed by atoms with Crippen molar-refractivity contribution in [1.29, 1.82) is 0 Å². The van der Waals surface area contributed by atoms with Gasteiger partial charge in [-0.15, -0.1) is 0 Å². The first-order valence-corrected chi connectivity index (χ1v) is 8.64. The van der Waals surface area contributed by atoms with Crippen LogP contribution in [-0.4, -0.2) is 0 Å². The van der Waals surface area contributed by atoms with Crippen LogP contribution in [0.15, 0.2) is 0 Å². The smallest absolute Gasteiger partial charge is 0.0332 e. The molecule has 0 aliphatic carbocycles. The fourth-order valence-corrected chi connectivity index (χ4v) is 3.67. The lowest BCUT2D eigenvalue weighted by atomic mass is 9.64. The molecule has 0 nitrogen and oxygen atoms in total. The van der Waals surface area contributed by atoms with E-state index in [1.807, 2.05) is 0 Å². The molecule has 0 saturated carbocycles. The highest BCUT2D eigenvalue weighted by Gasteiger charge is 2.34. The quantitative estimate of drug-likeness (QED) is 0.471. The van der Waals surface area contributed by atoms with E-state index in [1.54, 1.807) is 0 Å². The summed E-state index contributed by atoms with van der Waals surface area (Å²) in [5.74, 6) is 6.58. The van der Waals surface area contributed by atoms with Crippen molar-refractivity contribution < 1.29 is 0 Å². The highest BCUT2D eigenvalue weighted by molar-refractivity contribution is 4.83. The lowest BCUT2D eigenvalue weighted by Gasteiger charge is -2.41. The van der Waals surface area contributed by atoms with Gasteiger partial charge in [0, 0.05) is 0 Å². The summed E-state index contributed by atoms with van der Waals surface area (Å²) in [5.41, 5.74) is 0. The van der Waals surface area contributed by atoms with Crippen LogP contribution in [0.1, 0.15) is 75.7 Å². The summed E-state index contributed by atoms with van der Waals surface area (Å²) in [6.45, 7) is 24.3. The summed E-state index contributed by atoms with van der Waals surface area (Å²) in [5, 5.41) is 0. The Kier molecular flexibility index (Phi) is 8.32. The molecule has 0 aromatic rings. The van der Waals surface area contributed by atoms with E-state index in [9.17, 15) is 0 Å². The average molecular weight is 269 g/mol. The van der Waals surface area contributed by atoms with E-state index >= 15 is 0 Å². The van der Waals surface area contributed by atoms with Crippen molar-refractivity contribution in [3.05, 3.63) is 0 Å². The van der Waals surface area contributed by atoms with E-state index in [2.05, 4.69) is 69.2 Å². The Hall–Kier alpha value is 0. The summed E-state index contributed by atoms with van der Waals surface area (Å²) in [7, 11) is 0. The van der Waals surface area contributed by atoms with E-state index in [0.29, 0.717) is 0 Å². The van der Waals surface area contributed by atoms with Gasteiger partial charge in [0.25, 0.3) is 0 Å². The van der Waals surface area contributed by atoms with Gasteiger partial charge in [-0.05, 0) is 47.3 Å². The molecule has 0 fully saturated rings. The molecule has 0 aromatic heterocycles. The third kappa shape index (κ3) is 5.12. The van der Waals surface area contributed by atoms with E-state index < -0.39 is 0 Å². The Labute approximate surface area is 123 Å². The fraction of sp³-hybridized carbons (Fsp3) is 1.00. The molecule has 0 bridgehead atoms. The summed E-state index contributed by atoms with van der Waals surface area (Å²) in [6.07, 6.45) is 1.31. The van der Waals surface area contributed by atoms with E-state index in [-0.39, 0.29) is 0 Å². The van der Waals surface area contributed by atoms with Gasteiger partial charge in [0.05, 0.1) is 0 Å². The van der Waals surface area contributed by atoms with Crippen LogP contribution in [0.3, 0.4) is 0 Å². The Balaban J connectivity index is 5.05. The summed E-state index contributed by atoms with van der Waals surface area (Å²) < 4.78 is 0. The highest BCUT2D eigenvalue weighted by atomic mass is 14.4. The number of hydrogen-bond donors (Lipinski definition) is 0. The first-order chi connectivity index (χ1) is 8.64. The summed E-state index contributed by atoms with van der Waals surface area (Å²) >= 11 is 0. The van der Waals surface area contributed by atoms with Crippen LogP contribution in [0.25, 0.3) is 0 Å². The first-order valence-electron chi connectivity index (χ1n) is 8.64. The summed E-state index contributed by atoms with van der Waals surface area (Å²) in [4.78, 5) is 0. The van der Waals surface area contributed by atoms with E-state index in [4.69, 9.17) is 0 Å². The van der Waals surface area contributed by atoms with Crippen molar-refractivity contribution >= 4 is 0 Å². The predicted octanol–water partition coefficient (Wildman–Crippen LogP) is 6.51. The van der Waals surface area contributed by atoms with Gasteiger partial charge in [-0.1, -0.05) is 75.7 Å². The number of rotatable bonds is 8. The van der Waals surface area contributed by atoms with Crippen molar-refractivity contribution in [1.82, 2.24) is 0 Å². The van der Waals surface area contributed by atoms with Crippen LogP contribution >= 0.6 is 0 Å². The topological polar surface area (TPSA) is 0 Å². The largest absolute Gasteiger partial charge is 0.0651 e. The lowest BCUT2D eigenvalue weighted by molar-refractivity contribution is 0.0727. The Morgan fingerprint density at radius 2 is 0.947 bits per heavy atom. The molecule has 0 radical (unpaired) electrons. The fourth-order valence-electron chi connectivity index (χ4n) is 3.67. The summed E-state index contributed by atoms with van der Waals surface area (Å²) in [6, 6.07) is 0. The molecule has 0 heterocycles. The van der Waals surface area contributed by atoms with Crippen molar-refractivity contribution in [2.24, 2.45) is 47.3 Å². The average Bonchev–Trinajstić information content (AvgIpc) is 2.35. The maximum absolute atomic E-state index is 2.51. The zero-order chi connectivity index (χ0) is 15.3. The molecular formula is C19H40. The van der Waals surface area contributed by atoms with Crippen LogP contribution in [0.4, 0.5) is 0 Å². The van der Waals surface area contributed by atoms with Crippen LogP contribution in [-0.2, 0) is 0 Å². The Bertz CT molecular complexity index is 228. The molecule has 116 valence electrons. The zero-order valence-corrected chi connectivity index (χ0v) is 15.3. The monoisotopic (exact) mass is 268 g/mol. The Morgan fingerprint density at radius 3 is 1.26 bits per heavy atom. The molecule has 0 amide bonds. The van der Waals surface area contributed by atoms with E-state index in [0.717, 1.165) is 47.3 Å². The molecule has 0 aromatic carbocycles. The third-order valence-electron chi connectivity index (χ3n) is 6.28. The van der Waals surface area contributed by atoms with Gasteiger partial charge >= 0.3 is 0 Å². The van der Waals surface area contributed by atoms with Gasteiger partial charge in [0.2, 0.25) is 0 Å². The zero-order valence-electron chi connectivity index (χ0n) is 15.3. The lowest BCUT2D eigenvalue weighted by Crippen LogP contribution is -2.35. The maximum atomic E-state index is 2.51. The predicted molar refractivity (Wildman–Crippen MR) is 89.3 cm³/mol. The van der Waals surface area contributed by atoms with Crippen LogP contribution in [0, 0.1) is 47.3 Å². The van der Waals surface area contributed by atoms with Crippen LogP contribution < -0.4 is 0 Å².